The van der Waals surface area contributed by atoms with Gasteiger partial charge in [-0.15, -0.1) is 10.2 Å². The first-order valence-electron chi connectivity index (χ1n) is 8.67. The topological polar surface area (TPSA) is 90.7 Å². The van der Waals surface area contributed by atoms with Gasteiger partial charge >= 0.3 is 0 Å². The summed E-state index contributed by atoms with van der Waals surface area (Å²) in [4.78, 5) is 12.2. The zero-order valence-corrected chi connectivity index (χ0v) is 14.7. The van der Waals surface area contributed by atoms with Gasteiger partial charge < -0.3 is 10.6 Å². The summed E-state index contributed by atoms with van der Waals surface area (Å²) in [6, 6.07) is 22.4. The van der Waals surface area contributed by atoms with E-state index in [-0.39, 0.29) is 11.6 Å². The molecular formula is C21H19N5O. The first-order chi connectivity index (χ1) is 13.2. The molecule has 2 N–H and O–H groups in total. The molecule has 1 heterocycles. The van der Waals surface area contributed by atoms with Crippen LogP contribution in [0.1, 0.15) is 28.0 Å². The summed E-state index contributed by atoms with van der Waals surface area (Å²) in [7, 11) is 0. The largest absolute Gasteiger partial charge is 0.369 e. The van der Waals surface area contributed by atoms with E-state index in [0.29, 0.717) is 17.1 Å². The highest BCUT2D eigenvalue weighted by Crippen LogP contribution is 2.11. The maximum atomic E-state index is 12.2. The van der Waals surface area contributed by atoms with Crippen LogP contribution in [0.25, 0.3) is 0 Å². The lowest BCUT2D eigenvalue weighted by Crippen LogP contribution is -2.15. The molecule has 0 saturated carbocycles. The number of carbonyl (C=O) groups is 1. The van der Waals surface area contributed by atoms with Crippen molar-refractivity contribution >= 4 is 17.4 Å². The van der Waals surface area contributed by atoms with Crippen LogP contribution in [0.2, 0.25) is 0 Å². The lowest BCUT2D eigenvalue weighted by molar-refractivity contribution is 0.102. The van der Waals surface area contributed by atoms with Crippen LogP contribution in [0.5, 0.6) is 0 Å². The molecule has 0 aliphatic heterocycles. The molecule has 27 heavy (non-hydrogen) atoms. The third kappa shape index (κ3) is 5.38. The van der Waals surface area contributed by atoms with Crippen LogP contribution in [0.3, 0.4) is 0 Å². The Labute approximate surface area is 157 Å². The van der Waals surface area contributed by atoms with Gasteiger partial charge in [-0.3, -0.25) is 4.79 Å². The fraction of sp³-hybridized carbons (Fsp3) is 0.143. The van der Waals surface area contributed by atoms with Crippen molar-refractivity contribution in [3.05, 3.63) is 83.6 Å². The predicted octanol–water partition coefficient (Wildman–Crippen LogP) is 3.65. The average molecular weight is 357 g/mol. The van der Waals surface area contributed by atoms with E-state index < -0.39 is 0 Å². The number of rotatable bonds is 7. The van der Waals surface area contributed by atoms with Gasteiger partial charge in [0, 0.05) is 12.2 Å². The van der Waals surface area contributed by atoms with Gasteiger partial charge in [-0.1, -0.05) is 36.4 Å². The molecule has 0 aliphatic carbocycles. The first-order valence-corrected chi connectivity index (χ1v) is 8.67. The van der Waals surface area contributed by atoms with E-state index >= 15 is 0 Å². The molecule has 0 radical (unpaired) electrons. The monoisotopic (exact) mass is 357 g/mol. The molecule has 1 aromatic heterocycles. The Bertz CT molecular complexity index is 933. The number of nitrogens with zero attached hydrogens (tertiary/aromatic N) is 3. The van der Waals surface area contributed by atoms with Crippen LogP contribution >= 0.6 is 0 Å². The number of anilines is 2. The molecule has 1 amide bonds. The van der Waals surface area contributed by atoms with Gasteiger partial charge in [0.2, 0.25) is 0 Å². The number of amides is 1. The highest BCUT2D eigenvalue weighted by Gasteiger charge is 2.09. The fourth-order valence-corrected chi connectivity index (χ4v) is 2.56. The second-order valence-electron chi connectivity index (χ2n) is 5.97. The number of aromatic nitrogens is 2. The zero-order chi connectivity index (χ0) is 18.9. The van der Waals surface area contributed by atoms with E-state index in [4.69, 9.17) is 5.26 Å². The molecule has 0 atom stereocenters. The molecule has 2 aromatic carbocycles. The van der Waals surface area contributed by atoms with E-state index in [0.717, 1.165) is 19.4 Å². The van der Waals surface area contributed by atoms with Crippen molar-refractivity contribution in [3.8, 4) is 6.07 Å². The number of hydrogen-bond donors (Lipinski definition) is 2. The van der Waals surface area contributed by atoms with Crippen LogP contribution in [0.15, 0.2) is 66.7 Å². The molecule has 0 aliphatic rings. The van der Waals surface area contributed by atoms with Crippen LogP contribution in [-0.2, 0) is 6.42 Å². The predicted molar refractivity (Wildman–Crippen MR) is 104 cm³/mol. The third-order valence-corrected chi connectivity index (χ3v) is 3.94. The Morgan fingerprint density at radius 1 is 1.00 bits per heavy atom. The zero-order valence-electron chi connectivity index (χ0n) is 14.7. The molecule has 6 nitrogen and oxygen atoms in total. The number of hydrogen-bond acceptors (Lipinski definition) is 5. The van der Waals surface area contributed by atoms with Gasteiger partial charge in [0.05, 0.1) is 11.6 Å². The minimum Gasteiger partial charge on any atom is -0.369 e. The molecule has 0 spiro atoms. The highest BCUT2D eigenvalue weighted by molar-refractivity contribution is 6.02. The standard InChI is InChI=1S/C21H19N5O/c22-15-17-8-4-10-18(14-17)24-21(27)19-11-12-20(26-25-19)23-13-5-9-16-6-2-1-3-7-16/h1-4,6-8,10-12,14H,5,9,13H2,(H,23,26)(H,24,27). The summed E-state index contributed by atoms with van der Waals surface area (Å²) in [5, 5.41) is 22.8. The molecule has 3 rings (SSSR count). The van der Waals surface area contributed by atoms with E-state index in [9.17, 15) is 4.79 Å². The summed E-state index contributed by atoms with van der Waals surface area (Å²) >= 11 is 0. The lowest BCUT2D eigenvalue weighted by Gasteiger charge is -2.07. The maximum Gasteiger partial charge on any atom is 0.276 e. The normalized spacial score (nSPS) is 10.0. The first kappa shape index (κ1) is 18.1. The molecule has 3 aromatic rings. The minimum absolute atomic E-state index is 0.215. The summed E-state index contributed by atoms with van der Waals surface area (Å²) in [5.74, 6) is 0.263. The van der Waals surface area contributed by atoms with Gasteiger partial charge in [-0.05, 0) is 48.7 Å². The van der Waals surface area contributed by atoms with Crippen LogP contribution in [0.4, 0.5) is 11.5 Å². The summed E-state index contributed by atoms with van der Waals surface area (Å²) in [5.41, 5.74) is 2.54. The summed E-state index contributed by atoms with van der Waals surface area (Å²) in [6.45, 7) is 0.774. The fourth-order valence-electron chi connectivity index (χ4n) is 2.56. The Kier molecular flexibility index (Phi) is 6.10. The number of carbonyl (C=O) groups excluding carboxylic acids is 1. The molecule has 6 heteroatoms. The van der Waals surface area contributed by atoms with E-state index in [1.54, 1.807) is 36.4 Å². The third-order valence-electron chi connectivity index (χ3n) is 3.94. The van der Waals surface area contributed by atoms with Crippen molar-refractivity contribution in [2.24, 2.45) is 0 Å². The molecule has 134 valence electrons. The molecule has 0 saturated heterocycles. The van der Waals surface area contributed by atoms with Gasteiger partial charge in [-0.2, -0.15) is 5.26 Å². The number of aryl methyl sites for hydroxylation is 1. The summed E-state index contributed by atoms with van der Waals surface area (Å²) < 4.78 is 0. The van der Waals surface area contributed by atoms with Crippen molar-refractivity contribution in [1.82, 2.24) is 10.2 Å². The molecule has 0 bridgehead atoms. The summed E-state index contributed by atoms with van der Waals surface area (Å²) in [6.07, 6.45) is 1.96. The second kappa shape index (κ2) is 9.11. The Morgan fingerprint density at radius 2 is 1.85 bits per heavy atom. The Morgan fingerprint density at radius 3 is 2.59 bits per heavy atom. The van der Waals surface area contributed by atoms with Gasteiger partial charge in [-0.25, -0.2) is 0 Å². The maximum absolute atomic E-state index is 12.2. The van der Waals surface area contributed by atoms with Crippen LogP contribution in [-0.4, -0.2) is 22.6 Å². The lowest BCUT2D eigenvalue weighted by atomic mass is 10.1. The van der Waals surface area contributed by atoms with Crippen molar-refractivity contribution in [2.75, 3.05) is 17.2 Å². The van der Waals surface area contributed by atoms with Crippen molar-refractivity contribution in [3.63, 3.8) is 0 Å². The second-order valence-corrected chi connectivity index (χ2v) is 5.97. The van der Waals surface area contributed by atoms with Crippen LogP contribution in [0, 0.1) is 11.3 Å². The van der Waals surface area contributed by atoms with Crippen LogP contribution < -0.4 is 10.6 Å². The number of nitrogens with one attached hydrogen (secondary N) is 2. The van der Waals surface area contributed by atoms with E-state index in [1.165, 1.54) is 5.56 Å². The smallest absolute Gasteiger partial charge is 0.276 e. The van der Waals surface area contributed by atoms with Crippen molar-refractivity contribution in [2.45, 2.75) is 12.8 Å². The van der Waals surface area contributed by atoms with Gasteiger partial charge in [0.25, 0.3) is 5.91 Å². The van der Waals surface area contributed by atoms with E-state index in [2.05, 4.69) is 33.0 Å². The van der Waals surface area contributed by atoms with Gasteiger partial charge in [0.1, 0.15) is 5.82 Å². The Hall–Kier alpha value is -3.72. The Balaban J connectivity index is 1.49. The van der Waals surface area contributed by atoms with Crippen molar-refractivity contribution < 1.29 is 4.79 Å². The van der Waals surface area contributed by atoms with Crippen molar-refractivity contribution in [1.29, 1.82) is 5.26 Å². The molecular weight excluding hydrogens is 338 g/mol. The van der Waals surface area contributed by atoms with E-state index in [1.807, 2.05) is 24.3 Å². The quantitative estimate of drug-likeness (QED) is 0.630. The highest BCUT2D eigenvalue weighted by atomic mass is 16.1. The average Bonchev–Trinajstić information content (AvgIpc) is 2.72. The van der Waals surface area contributed by atoms with Gasteiger partial charge in [0.15, 0.2) is 5.69 Å². The molecule has 0 fully saturated rings. The number of benzene rings is 2. The SMILES string of the molecule is N#Cc1cccc(NC(=O)c2ccc(NCCCc3ccccc3)nn2)c1. The minimum atomic E-state index is -0.367. The molecule has 0 unspecified atom stereocenters. The number of nitriles is 1.